The van der Waals surface area contributed by atoms with E-state index in [1.807, 2.05) is 43.3 Å². The fourth-order valence-corrected chi connectivity index (χ4v) is 6.07. The number of aliphatic hydroxyl groups excluding tert-OH is 1. The summed E-state index contributed by atoms with van der Waals surface area (Å²) in [5.41, 5.74) is 1.00. The summed E-state index contributed by atoms with van der Waals surface area (Å²) in [5.74, 6) is 1.56. The lowest BCUT2D eigenvalue weighted by molar-refractivity contribution is -0.143. The lowest BCUT2D eigenvalue weighted by Gasteiger charge is -2.49. The molecule has 166 valence electrons. The number of hydrogen-bond acceptors (Lipinski definition) is 4. The maximum atomic E-state index is 13.3. The molecule has 0 aliphatic heterocycles. The minimum Gasteiger partial charge on any atom is -0.493 e. The van der Waals surface area contributed by atoms with Crippen molar-refractivity contribution in [2.45, 2.75) is 58.7 Å². The molecule has 2 aromatic rings. The van der Waals surface area contributed by atoms with Crippen molar-refractivity contribution in [3.63, 3.8) is 0 Å². The largest absolute Gasteiger partial charge is 0.493 e. The summed E-state index contributed by atoms with van der Waals surface area (Å²) in [6, 6.07) is 13.6. The van der Waals surface area contributed by atoms with E-state index in [4.69, 9.17) is 21.1 Å². The predicted octanol–water partition coefficient (Wildman–Crippen LogP) is 5.62. The summed E-state index contributed by atoms with van der Waals surface area (Å²) in [6.45, 7) is 4.57. The maximum Gasteiger partial charge on any atom is 0.166 e. The molecule has 5 heteroatoms. The summed E-state index contributed by atoms with van der Waals surface area (Å²) in [7, 11) is 1.61. The zero-order chi connectivity index (χ0) is 22.2. The van der Waals surface area contributed by atoms with Crippen LogP contribution in [0.15, 0.2) is 42.5 Å². The normalized spacial score (nSPS) is 30.2. The van der Waals surface area contributed by atoms with Crippen LogP contribution in [0.1, 0.15) is 50.7 Å². The highest BCUT2D eigenvalue weighted by molar-refractivity contribution is 6.31. The molecule has 2 aromatic carbocycles. The van der Waals surface area contributed by atoms with Gasteiger partial charge in [-0.05, 0) is 54.7 Å². The van der Waals surface area contributed by atoms with Crippen LogP contribution < -0.4 is 9.47 Å². The first-order valence-corrected chi connectivity index (χ1v) is 11.4. The van der Waals surface area contributed by atoms with Crippen LogP contribution in [-0.4, -0.2) is 24.1 Å². The van der Waals surface area contributed by atoms with E-state index in [9.17, 15) is 9.90 Å². The Morgan fingerprint density at radius 2 is 1.87 bits per heavy atom. The summed E-state index contributed by atoms with van der Waals surface area (Å²) < 4.78 is 11.8. The molecule has 0 bridgehead atoms. The Kier molecular flexibility index (Phi) is 6.06. The Morgan fingerprint density at radius 3 is 2.58 bits per heavy atom. The first kappa shape index (κ1) is 22.2. The van der Waals surface area contributed by atoms with Crippen molar-refractivity contribution in [2.24, 2.45) is 16.7 Å². The van der Waals surface area contributed by atoms with Gasteiger partial charge in [0.1, 0.15) is 12.4 Å². The maximum absolute atomic E-state index is 13.3. The Morgan fingerprint density at radius 1 is 1.13 bits per heavy atom. The number of benzene rings is 2. The predicted molar refractivity (Wildman–Crippen MR) is 122 cm³/mol. The van der Waals surface area contributed by atoms with Gasteiger partial charge >= 0.3 is 0 Å². The second-order valence-corrected chi connectivity index (χ2v) is 9.91. The van der Waals surface area contributed by atoms with Crippen molar-refractivity contribution in [1.29, 1.82) is 0 Å². The third kappa shape index (κ3) is 3.85. The fourth-order valence-electron chi connectivity index (χ4n) is 5.85. The van der Waals surface area contributed by atoms with Crippen LogP contribution in [0.25, 0.3) is 0 Å². The van der Waals surface area contributed by atoms with E-state index in [-0.39, 0.29) is 23.2 Å². The topological polar surface area (TPSA) is 55.8 Å². The monoisotopic (exact) mass is 442 g/mol. The van der Waals surface area contributed by atoms with E-state index in [1.165, 1.54) is 0 Å². The lowest BCUT2D eigenvalue weighted by Crippen LogP contribution is -2.50. The Hall–Kier alpha value is -2.04. The average molecular weight is 443 g/mol. The van der Waals surface area contributed by atoms with E-state index < -0.39 is 5.41 Å². The number of carbonyl (C=O) groups excluding carboxylic acids is 1. The highest BCUT2D eigenvalue weighted by Crippen LogP contribution is 2.59. The molecule has 0 saturated heterocycles. The molecule has 4 rings (SSSR count). The third-order valence-corrected chi connectivity index (χ3v) is 8.09. The van der Waals surface area contributed by atoms with E-state index in [0.717, 1.165) is 30.4 Å². The molecule has 1 N–H and O–H groups in total. The summed E-state index contributed by atoms with van der Waals surface area (Å²) in [6.07, 6.45) is 2.94. The molecule has 2 aliphatic rings. The Balaban J connectivity index is 1.71. The van der Waals surface area contributed by atoms with Gasteiger partial charge in [-0.15, -0.1) is 0 Å². The molecule has 0 unspecified atom stereocenters. The van der Waals surface area contributed by atoms with E-state index >= 15 is 0 Å². The summed E-state index contributed by atoms with van der Waals surface area (Å²) in [4.78, 5) is 13.3. The number of ketones is 1. The van der Waals surface area contributed by atoms with Crippen LogP contribution in [0.2, 0.25) is 5.02 Å². The number of hydrogen-bond donors (Lipinski definition) is 1. The van der Waals surface area contributed by atoms with Gasteiger partial charge in [-0.2, -0.15) is 0 Å². The molecule has 2 fully saturated rings. The molecule has 0 spiro atoms. The van der Waals surface area contributed by atoms with E-state index in [2.05, 4.69) is 6.92 Å². The van der Waals surface area contributed by atoms with Gasteiger partial charge in [-0.1, -0.05) is 55.8 Å². The van der Waals surface area contributed by atoms with Gasteiger partial charge in [0, 0.05) is 22.4 Å². The van der Waals surface area contributed by atoms with Crippen LogP contribution in [0.5, 0.6) is 11.5 Å². The van der Waals surface area contributed by atoms with Crippen molar-refractivity contribution in [3.8, 4) is 11.5 Å². The average Bonchev–Trinajstić information content (AvgIpc) is 3.08. The highest BCUT2D eigenvalue weighted by atomic mass is 35.5. The van der Waals surface area contributed by atoms with Crippen LogP contribution in [0, 0.1) is 16.7 Å². The third-order valence-electron chi connectivity index (χ3n) is 7.74. The summed E-state index contributed by atoms with van der Waals surface area (Å²) in [5, 5.41) is 11.3. The number of ether oxygens (including phenoxy) is 2. The van der Waals surface area contributed by atoms with Crippen LogP contribution in [-0.2, 0) is 17.8 Å². The van der Waals surface area contributed by atoms with Crippen LogP contribution >= 0.6 is 11.6 Å². The van der Waals surface area contributed by atoms with Gasteiger partial charge in [0.25, 0.3) is 0 Å². The molecule has 0 radical (unpaired) electrons. The Bertz CT molecular complexity index is 959. The first-order chi connectivity index (χ1) is 14.8. The van der Waals surface area contributed by atoms with Crippen LogP contribution in [0.3, 0.4) is 0 Å². The van der Waals surface area contributed by atoms with Crippen molar-refractivity contribution >= 4 is 17.4 Å². The Labute approximate surface area is 189 Å². The second-order valence-electron chi connectivity index (χ2n) is 9.50. The molecule has 4 atom stereocenters. The molecule has 0 aromatic heterocycles. The molecular formula is C26H31ClO4. The standard InChI is InChI=1S/C26H31ClO4/c1-25-14-13-23(29)26(2,21(25)11-12-22(25)28)15-18-19(27)9-10-20(30-3)24(18)31-16-17-7-5-4-6-8-17/h4-10,21-22,28H,11-16H2,1-3H3/t21-,22-,25-,26+/m1/s1. The molecule has 31 heavy (non-hydrogen) atoms. The minimum absolute atomic E-state index is 0.112. The SMILES string of the molecule is COc1ccc(Cl)c(C[C@]2(C)C(=O)CC[C@@]3(C)[C@H](O)CC[C@H]32)c1OCc1ccccc1. The van der Waals surface area contributed by atoms with Crippen LogP contribution in [0.4, 0.5) is 0 Å². The van der Waals surface area contributed by atoms with Crippen molar-refractivity contribution < 1.29 is 19.4 Å². The lowest BCUT2D eigenvalue weighted by atomic mass is 9.54. The number of rotatable bonds is 6. The van der Waals surface area contributed by atoms with Crippen molar-refractivity contribution in [3.05, 3.63) is 58.6 Å². The smallest absolute Gasteiger partial charge is 0.166 e. The number of Topliss-reactive ketones (excluding diaryl/α,β-unsaturated/α-hetero) is 1. The molecule has 0 amide bonds. The highest BCUT2D eigenvalue weighted by Gasteiger charge is 2.59. The van der Waals surface area contributed by atoms with Gasteiger partial charge in [-0.25, -0.2) is 0 Å². The minimum atomic E-state index is -0.606. The summed E-state index contributed by atoms with van der Waals surface area (Å²) >= 11 is 6.68. The quantitative estimate of drug-likeness (QED) is 0.631. The molecule has 0 heterocycles. The number of fused-ring (bicyclic) bond motifs is 1. The second kappa shape index (κ2) is 8.48. The van der Waals surface area contributed by atoms with Crippen molar-refractivity contribution in [1.82, 2.24) is 0 Å². The molecule has 2 saturated carbocycles. The van der Waals surface area contributed by atoms with E-state index in [1.54, 1.807) is 13.2 Å². The molecule has 4 nitrogen and oxygen atoms in total. The number of carbonyl (C=O) groups is 1. The zero-order valence-corrected chi connectivity index (χ0v) is 19.2. The van der Waals surface area contributed by atoms with Gasteiger partial charge in [0.15, 0.2) is 11.5 Å². The first-order valence-electron chi connectivity index (χ1n) is 11.0. The van der Waals surface area contributed by atoms with Crippen molar-refractivity contribution in [2.75, 3.05) is 7.11 Å². The van der Waals surface area contributed by atoms with Gasteiger partial charge in [0.2, 0.25) is 0 Å². The molecule has 2 aliphatic carbocycles. The zero-order valence-electron chi connectivity index (χ0n) is 18.5. The van der Waals surface area contributed by atoms with Gasteiger partial charge in [-0.3, -0.25) is 4.79 Å². The fraction of sp³-hybridized carbons (Fsp3) is 0.500. The number of halogens is 1. The number of aliphatic hydroxyl groups is 1. The van der Waals surface area contributed by atoms with Gasteiger partial charge < -0.3 is 14.6 Å². The molecular weight excluding hydrogens is 412 g/mol. The van der Waals surface area contributed by atoms with E-state index in [0.29, 0.717) is 36.0 Å². The van der Waals surface area contributed by atoms with Gasteiger partial charge in [0.05, 0.1) is 13.2 Å². The number of methoxy groups -OCH3 is 1.